The third kappa shape index (κ3) is 3.82. The Bertz CT molecular complexity index is 609. The number of piperidine rings is 1. The van der Waals surface area contributed by atoms with Crippen LogP contribution in [-0.2, 0) is 21.2 Å². The summed E-state index contributed by atoms with van der Waals surface area (Å²) in [7, 11) is 0.399. The van der Waals surface area contributed by atoms with Crippen LogP contribution in [0.4, 0.5) is 0 Å². The van der Waals surface area contributed by atoms with E-state index in [-0.39, 0.29) is 16.7 Å². The number of nitrogens with zero attached hydrogens (tertiary/aromatic N) is 2. The summed E-state index contributed by atoms with van der Waals surface area (Å²) in [6.07, 6.45) is 1.70. The molecule has 1 N–H and O–H groups in total. The molecule has 1 aliphatic heterocycles. The second-order valence-corrected chi connectivity index (χ2v) is 8.75. The lowest BCUT2D eigenvalue weighted by Gasteiger charge is -2.35. The minimum absolute atomic E-state index is 0.138. The first-order valence-corrected chi connectivity index (χ1v) is 9.03. The van der Waals surface area contributed by atoms with Crippen LogP contribution >= 0.6 is 11.3 Å². The average Bonchev–Trinajstić information content (AvgIpc) is 2.87. The zero-order valence-corrected chi connectivity index (χ0v) is 13.8. The first-order chi connectivity index (χ1) is 9.80. The van der Waals surface area contributed by atoms with E-state index in [0.29, 0.717) is 18.0 Å². The van der Waals surface area contributed by atoms with Crippen LogP contribution in [0.25, 0.3) is 0 Å². The Hall–Kier alpha value is -0.960. The lowest BCUT2D eigenvalue weighted by molar-refractivity contribution is -0.136. The zero-order chi connectivity index (χ0) is 15.6. The molecule has 2 heterocycles. The van der Waals surface area contributed by atoms with Crippen molar-refractivity contribution >= 4 is 27.3 Å². The van der Waals surface area contributed by atoms with E-state index in [4.69, 9.17) is 5.11 Å². The molecule has 1 saturated heterocycles. The number of carboxylic acids is 1. The van der Waals surface area contributed by atoms with E-state index in [2.05, 4.69) is 0 Å². The third-order valence-corrected chi connectivity index (χ3v) is 7.06. The van der Waals surface area contributed by atoms with E-state index in [1.165, 1.54) is 10.4 Å². The van der Waals surface area contributed by atoms with E-state index in [0.717, 1.165) is 24.2 Å². The molecular formula is C13H20N2O4S2. The van der Waals surface area contributed by atoms with Gasteiger partial charge in [-0.25, -0.2) is 8.42 Å². The second-order valence-electron chi connectivity index (χ2n) is 5.41. The minimum Gasteiger partial charge on any atom is -0.481 e. The predicted octanol–water partition coefficient (Wildman–Crippen LogP) is 1.09. The maximum atomic E-state index is 12.6. The molecule has 1 aromatic rings. The lowest BCUT2D eigenvalue weighted by atomic mass is 10.1. The van der Waals surface area contributed by atoms with Gasteiger partial charge in [-0.2, -0.15) is 4.31 Å². The molecule has 0 bridgehead atoms. The van der Waals surface area contributed by atoms with Crippen molar-refractivity contribution in [1.29, 1.82) is 0 Å². The van der Waals surface area contributed by atoms with Gasteiger partial charge < -0.3 is 10.0 Å². The molecule has 1 aliphatic rings. The summed E-state index contributed by atoms with van der Waals surface area (Å²) in [5.41, 5.74) is 0. The Morgan fingerprint density at radius 1 is 1.48 bits per heavy atom. The third-order valence-electron chi connectivity index (χ3n) is 3.65. The number of thiophene rings is 1. The van der Waals surface area contributed by atoms with Gasteiger partial charge in [-0.15, -0.1) is 11.3 Å². The molecule has 0 aromatic carbocycles. The molecule has 1 fully saturated rings. The van der Waals surface area contributed by atoms with Crippen LogP contribution in [0.5, 0.6) is 0 Å². The Kier molecular flexibility index (Phi) is 5.03. The number of sulfonamides is 1. The van der Waals surface area contributed by atoms with E-state index in [1.54, 1.807) is 6.07 Å². The standard InChI is InChI=1S/C13H20N2O4S2/c1-14(2)10-4-3-7-15(9-10)21(18,19)13-6-5-11(20-13)8-12(16)17/h5-6,10H,3-4,7-9H2,1-2H3,(H,16,17). The van der Waals surface area contributed by atoms with Crippen LogP contribution < -0.4 is 0 Å². The number of hydrogen-bond acceptors (Lipinski definition) is 5. The Labute approximate surface area is 129 Å². The smallest absolute Gasteiger partial charge is 0.308 e. The summed E-state index contributed by atoms with van der Waals surface area (Å²) in [4.78, 5) is 13.3. The van der Waals surface area contributed by atoms with Gasteiger partial charge in [0.05, 0.1) is 6.42 Å². The molecule has 0 amide bonds. The first kappa shape index (κ1) is 16.4. The zero-order valence-electron chi connectivity index (χ0n) is 12.2. The highest BCUT2D eigenvalue weighted by atomic mass is 32.2. The molecular weight excluding hydrogens is 312 g/mol. The number of rotatable bonds is 5. The molecule has 2 rings (SSSR count). The highest BCUT2D eigenvalue weighted by molar-refractivity contribution is 7.91. The fraction of sp³-hybridized carbons (Fsp3) is 0.615. The number of likely N-dealkylation sites (N-methyl/N-ethyl adjacent to an activating group) is 1. The summed E-state index contributed by atoms with van der Waals surface area (Å²) in [6, 6.07) is 3.32. The van der Waals surface area contributed by atoms with E-state index >= 15 is 0 Å². The highest BCUT2D eigenvalue weighted by Crippen LogP contribution is 2.28. The lowest BCUT2D eigenvalue weighted by Crippen LogP contribution is -2.47. The van der Waals surface area contributed by atoms with Gasteiger partial charge in [0.15, 0.2) is 0 Å². The molecule has 21 heavy (non-hydrogen) atoms. The molecule has 0 radical (unpaired) electrons. The number of carboxylic acid groups (broad SMARTS) is 1. The van der Waals surface area contributed by atoms with Crippen molar-refractivity contribution in [2.75, 3.05) is 27.2 Å². The van der Waals surface area contributed by atoms with Gasteiger partial charge >= 0.3 is 5.97 Å². The van der Waals surface area contributed by atoms with Gasteiger partial charge in [-0.05, 0) is 39.1 Å². The molecule has 6 nitrogen and oxygen atoms in total. The van der Waals surface area contributed by atoms with Crippen molar-refractivity contribution in [1.82, 2.24) is 9.21 Å². The normalized spacial score (nSPS) is 20.8. The van der Waals surface area contributed by atoms with Gasteiger partial charge in [0.25, 0.3) is 10.0 Å². The summed E-state index contributed by atoms with van der Waals surface area (Å²) in [5.74, 6) is -0.952. The minimum atomic E-state index is -3.51. The molecule has 0 spiro atoms. The van der Waals surface area contributed by atoms with Crippen LogP contribution in [0, 0.1) is 0 Å². The van der Waals surface area contributed by atoms with Crippen LogP contribution in [0.3, 0.4) is 0 Å². The molecule has 118 valence electrons. The van der Waals surface area contributed by atoms with Crippen molar-refractivity contribution in [3.05, 3.63) is 17.0 Å². The Balaban J connectivity index is 2.17. The number of aliphatic carboxylic acids is 1. The van der Waals surface area contributed by atoms with Gasteiger partial charge in [0.2, 0.25) is 0 Å². The maximum absolute atomic E-state index is 12.6. The quantitative estimate of drug-likeness (QED) is 0.873. The van der Waals surface area contributed by atoms with Gasteiger partial charge in [-0.1, -0.05) is 0 Å². The Morgan fingerprint density at radius 3 is 2.81 bits per heavy atom. The first-order valence-electron chi connectivity index (χ1n) is 6.78. The molecule has 0 saturated carbocycles. The average molecular weight is 332 g/mol. The van der Waals surface area contributed by atoms with Crippen molar-refractivity contribution in [2.24, 2.45) is 0 Å². The van der Waals surface area contributed by atoms with Crippen LogP contribution in [-0.4, -0.2) is 61.9 Å². The Morgan fingerprint density at radius 2 is 2.19 bits per heavy atom. The largest absolute Gasteiger partial charge is 0.481 e. The van der Waals surface area contributed by atoms with Crippen molar-refractivity contribution in [3.63, 3.8) is 0 Å². The summed E-state index contributed by atoms with van der Waals surface area (Å²) in [6.45, 7) is 1.01. The summed E-state index contributed by atoms with van der Waals surface area (Å²) >= 11 is 1.05. The van der Waals surface area contributed by atoms with E-state index in [9.17, 15) is 13.2 Å². The SMILES string of the molecule is CN(C)C1CCCN(S(=O)(=O)c2ccc(CC(=O)O)s2)C1. The molecule has 8 heteroatoms. The van der Waals surface area contributed by atoms with Crippen molar-refractivity contribution in [3.8, 4) is 0 Å². The molecule has 1 aromatic heterocycles. The van der Waals surface area contributed by atoms with Crippen molar-refractivity contribution in [2.45, 2.75) is 29.5 Å². The number of carbonyl (C=O) groups is 1. The summed E-state index contributed by atoms with van der Waals surface area (Å²) in [5, 5.41) is 8.76. The van der Waals surface area contributed by atoms with Crippen molar-refractivity contribution < 1.29 is 18.3 Å². The topological polar surface area (TPSA) is 77.9 Å². The fourth-order valence-corrected chi connectivity index (χ4v) is 5.45. The van der Waals surface area contributed by atoms with E-state index in [1.807, 2.05) is 19.0 Å². The van der Waals surface area contributed by atoms with Gasteiger partial charge in [-0.3, -0.25) is 4.79 Å². The molecule has 1 atom stereocenters. The number of hydrogen-bond donors (Lipinski definition) is 1. The van der Waals surface area contributed by atoms with E-state index < -0.39 is 16.0 Å². The fourth-order valence-electron chi connectivity index (χ4n) is 2.43. The molecule has 1 unspecified atom stereocenters. The van der Waals surface area contributed by atoms with Gasteiger partial charge in [0.1, 0.15) is 4.21 Å². The monoisotopic (exact) mass is 332 g/mol. The van der Waals surface area contributed by atoms with Crippen LogP contribution in [0.15, 0.2) is 16.3 Å². The molecule has 0 aliphatic carbocycles. The predicted molar refractivity (Wildman–Crippen MR) is 81.1 cm³/mol. The summed E-state index contributed by atoms with van der Waals surface area (Å²) < 4.78 is 27.0. The highest BCUT2D eigenvalue weighted by Gasteiger charge is 2.32. The van der Waals surface area contributed by atoms with Gasteiger partial charge in [0, 0.05) is 24.0 Å². The second kappa shape index (κ2) is 6.43. The van der Waals surface area contributed by atoms with Crippen LogP contribution in [0.1, 0.15) is 17.7 Å². The maximum Gasteiger partial charge on any atom is 0.308 e. The van der Waals surface area contributed by atoms with Crippen LogP contribution in [0.2, 0.25) is 0 Å².